The number of carbonyl (C=O) groups excluding carboxylic acids is 1. The summed E-state index contributed by atoms with van der Waals surface area (Å²) in [7, 11) is -0.500. The molecule has 0 heterocycles. The van der Waals surface area contributed by atoms with Gasteiger partial charge in [0.15, 0.2) is 0 Å². The molecule has 6 heteroatoms. The number of amides is 1. The molecule has 1 unspecified atom stereocenters. The van der Waals surface area contributed by atoms with Gasteiger partial charge in [-0.2, -0.15) is 0 Å². The smallest absolute Gasteiger partial charge is 0.251 e. The lowest BCUT2D eigenvalue weighted by atomic mass is 10.1. The Labute approximate surface area is 121 Å². The number of nitrogens with zero attached hydrogens (tertiary/aromatic N) is 1. The van der Waals surface area contributed by atoms with Crippen LogP contribution in [0, 0.1) is 0 Å². The largest absolute Gasteiger partial charge is 0.350 e. The maximum Gasteiger partial charge on any atom is 0.251 e. The lowest BCUT2D eigenvalue weighted by Crippen LogP contribution is -2.32. The Bertz CT molecular complexity index is 550. The number of hydrogen-bond acceptors (Lipinski definition) is 3. The van der Waals surface area contributed by atoms with Crippen LogP contribution in [0.5, 0.6) is 0 Å². The van der Waals surface area contributed by atoms with E-state index in [2.05, 4.69) is 12.2 Å². The Morgan fingerprint density at radius 2 is 1.80 bits per heavy atom. The minimum atomic E-state index is -3.45. The molecule has 0 saturated heterocycles. The molecule has 112 valence electrons. The minimum Gasteiger partial charge on any atom is -0.350 e. The van der Waals surface area contributed by atoms with Crippen LogP contribution >= 0.6 is 0 Å². The Morgan fingerprint density at radius 1 is 1.25 bits per heavy atom. The first-order valence-corrected chi connectivity index (χ1v) is 8.06. The molecule has 0 bridgehead atoms. The Morgan fingerprint density at radius 3 is 2.25 bits per heavy atom. The van der Waals surface area contributed by atoms with Crippen LogP contribution in [0.2, 0.25) is 0 Å². The van der Waals surface area contributed by atoms with Crippen molar-refractivity contribution in [3.63, 3.8) is 0 Å². The highest BCUT2D eigenvalue weighted by atomic mass is 32.2. The first kappa shape index (κ1) is 16.7. The van der Waals surface area contributed by atoms with Gasteiger partial charge in [-0.25, -0.2) is 12.7 Å². The van der Waals surface area contributed by atoms with Crippen molar-refractivity contribution in [1.29, 1.82) is 0 Å². The van der Waals surface area contributed by atoms with E-state index in [1.54, 1.807) is 0 Å². The van der Waals surface area contributed by atoms with Crippen molar-refractivity contribution in [2.45, 2.75) is 37.6 Å². The van der Waals surface area contributed by atoms with Gasteiger partial charge in [-0.3, -0.25) is 4.79 Å². The number of rotatable bonds is 6. The van der Waals surface area contributed by atoms with Gasteiger partial charge in [-0.1, -0.05) is 13.3 Å². The molecular formula is C14H22N2O3S. The zero-order valence-electron chi connectivity index (χ0n) is 12.4. The summed E-state index contributed by atoms with van der Waals surface area (Å²) < 4.78 is 24.9. The molecule has 1 aromatic carbocycles. The van der Waals surface area contributed by atoms with E-state index in [1.807, 2.05) is 6.92 Å². The first-order chi connectivity index (χ1) is 9.28. The molecule has 1 atom stereocenters. The number of hydrogen-bond donors (Lipinski definition) is 1. The normalized spacial score (nSPS) is 13.2. The summed E-state index contributed by atoms with van der Waals surface area (Å²) in [5.74, 6) is -0.181. The van der Waals surface area contributed by atoms with Crippen molar-refractivity contribution in [1.82, 2.24) is 9.62 Å². The highest BCUT2D eigenvalue weighted by molar-refractivity contribution is 7.89. The van der Waals surface area contributed by atoms with E-state index >= 15 is 0 Å². The summed E-state index contributed by atoms with van der Waals surface area (Å²) in [5.41, 5.74) is 0.464. The van der Waals surface area contributed by atoms with Gasteiger partial charge in [0.25, 0.3) is 5.91 Å². The molecule has 20 heavy (non-hydrogen) atoms. The summed E-state index contributed by atoms with van der Waals surface area (Å²) in [5, 5.41) is 2.88. The summed E-state index contributed by atoms with van der Waals surface area (Å²) >= 11 is 0. The SMILES string of the molecule is CCCC(C)NC(=O)c1ccc(S(=O)(=O)N(C)C)cc1. The van der Waals surface area contributed by atoms with Gasteiger partial charge in [0, 0.05) is 25.7 Å². The van der Waals surface area contributed by atoms with E-state index in [9.17, 15) is 13.2 Å². The molecule has 0 radical (unpaired) electrons. The van der Waals surface area contributed by atoms with Crippen molar-refractivity contribution in [2.75, 3.05) is 14.1 Å². The molecule has 0 aliphatic heterocycles. The van der Waals surface area contributed by atoms with Crippen LogP contribution in [0.1, 0.15) is 37.0 Å². The lowest BCUT2D eigenvalue weighted by Gasteiger charge is -2.14. The molecule has 0 aliphatic rings. The zero-order chi connectivity index (χ0) is 15.3. The van der Waals surface area contributed by atoms with Gasteiger partial charge in [-0.15, -0.1) is 0 Å². The highest BCUT2D eigenvalue weighted by Crippen LogP contribution is 2.14. The number of nitrogens with one attached hydrogen (secondary N) is 1. The molecule has 5 nitrogen and oxygen atoms in total. The average molecular weight is 298 g/mol. The van der Waals surface area contributed by atoms with Crippen molar-refractivity contribution in [3.05, 3.63) is 29.8 Å². The number of carbonyl (C=O) groups is 1. The Balaban J connectivity index is 2.84. The Kier molecular flexibility index (Phi) is 5.71. The molecule has 0 spiro atoms. The second kappa shape index (κ2) is 6.85. The summed E-state index contributed by atoms with van der Waals surface area (Å²) in [6.07, 6.45) is 1.92. The fraction of sp³-hybridized carbons (Fsp3) is 0.500. The average Bonchev–Trinajstić information content (AvgIpc) is 2.38. The predicted molar refractivity (Wildman–Crippen MR) is 79.2 cm³/mol. The summed E-state index contributed by atoms with van der Waals surface area (Å²) in [6.45, 7) is 4.01. The van der Waals surface area contributed by atoms with Gasteiger partial charge < -0.3 is 5.32 Å². The number of benzene rings is 1. The summed E-state index contributed by atoms with van der Waals surface area (Å²) in [4.78, 5) is 12.1. The summed E-state index contributed by atoms with van der Waals surface area (Å²) in [6, 6.07) is 6.08. The van der Waals surface area contributed by atoms with E-state index < -0.39 is 10.0 Å². The van der Waals surface area contributed by atoms with Crippen molar-refractivity contribution in [2.24, 2.45) is 0 Å². The van der Waals surface area contributed by atoms with Crippen LogP contribution in [-0.4, -0.2) is 38.8 Å². The third-order valence-corrected chi connectivity index (χ3v) is 4.82. The van der Waals surface area contributed by atoms with E-state index in [4.69, 9.17) is 0 Å². The van der Waals surface area contributed by atoms with Gasteiger partial charge in [0.05, 0.1) is 4.90 Å². The minimum absolute atomic E-state index is 0.109. The van der Waals surface area contributed by atoms with Crippen LogP contribution in [0.3, 0.4) is 0 Å². The van der Waals surface area contributed by atoms with Gasteiger partial charge in [0.2, 0.25) is 10.0 Å². The topological polar surface area (TPSA) is 66.5 Å². The maximum absolute atomic E-state index is 12.0. The second-order valence-corrected chi connectivity index (χ2v) is 7.13. The van der Waals surface area contributed by atoms with E-state index in [1.165, 1.54) is 38.4 Å². The van der Waals surface area contributed by atoms with Crippen LogP contribution in [0.15, 0.2) is 29.2 Å². The third kappa shape index (κ3) is 4.05. The highest BCUT2D eigenvalue weighted by Gasteiger charge is 2.17. The van der Waals surface area contributed by atoms with Crippen LogP contribution in [-0.2, 0) is 10.0 Å². The standard InChI is InChI=1S/C14H22N2O3S/c1-5-6-11(2)15-14(17)12-7-9-13(10-8-12)20(18,19)16(3)4/h7-11H,5-6H2,1-4H3,(H,15,17). The van der Waals surface area contributed by atoms with Gasteiger partial charge >= 0.3 is 0 Å². The molecule has 1 rings (SSSR count). The zero-order valence-corrected chi connectivity index (χ0v) is 13.2. The lowest BCUT2D eigenvalue weighted by molar-refractivity contribution is 0.0938. The monoisotopic (exact) mass is 298 g/mol. The fourth-order valence-corrected chi connectivity index (χ4v) is 2.70. The van der Waals surface area contributed by atoms with Crippen LogP contribution in [0.4, 0.5) is 0 Å². The molecule has 1 amide bonds. The Hall–Kier alpha value is -1.40. The molecule has 0 fully saturated rings. The van der Waals surface area contributed by atoms with Crippen molar-refractivity contribution in [3.8, 4) is 0 Å². The number of sulfonamides is 1. The quantitative estimate of drug-likeness (QED) is 0.871. The van der Waals surface area contributed by atoms with Crippen LogP contribution < -0.4 is 5.32 Å². The third-order valence-electron chi connectivity index (χ3n) is 2.99. The molecule has 0 aromatic heterocycles. The van der Waals surface area contributed by atoms with Crippen molar-refractivity contribution >= 4 is 15.9 Å². The molecule has 1 N–H and O–H groups in total. The van der Waals surface area contributed by atoms with E-state index in [0.717, 1.165) is 17.1 Å². The van der Waals surface area contributed by atoms with Crippen LogP contribution in [0.25, 0.3) is 0 Å². The van der Waals surface area contributed by atoms with E-state index in [-0.39, 0.29) is 16.8 Å². The molecular weight excluding hydrogens is 276 g/mol. The van der Waals surface area contributed by atoms with Gasteiger partial charge in [-0.05, 0) is 37.6 Å². The maximum atomic E-state index is 12.0. The molecule has 0 aliphatic carbocycles. The molecule has 1 aromatic rings. The molecule has 0 saturated carbocycles. The second-order valence-electron chi connectivity index (χ2n) is 4.97. The first-order valence-electron chi connectivity index (χ1n) is 6.62. The fourth-order valence-electron chi connectivity index (χ4n) is 1.80. The van der Waals surface area contributed by atoms with E-state index in [0.29, 0.717) is 5.56 Å². The van der Waals surface area contributed by atoms with Gasteiger partial charge in [0.1, 0.15) is 0 Å². The van der Waals surface area contributed by atoms with Crippen molar-refractivity contribution < 1.29 is 13.2 Å². The predicted octanol–water partition coefficient (Wildman–Crippen LogP) is 1.86.